The number of para-hydroxylation sites is 1. The summed E-state index contributed by atoms with van der Waals surface area (Å²) >= 11 is 0. The van der Waals surface area contributed by atoms with Crippen molar-refractivity contribution >= 4 is 11.0 Å². The molecule has 0 saturated heterocycles. The Morgan fingerprint density at radius 3 is 2.63 bits per heavy atom. The van der Waals surface area contributed by atoms with Crippen molar-refractivity contribution in [1.82, 2.24) is 15.3 Å². The topological polar surface area (TPSA) is 40.7 Å². The van der Waals surface area contributed by atoms with Crippen LogP contribution in [-0.4, -0.2) is 23.1 Å². The van der Waals surface area contributed by atoms with Crippen molar-refractivity contribution in [2.45, 2.75) is 54.4 Å². The number of rotatable bonds is 7. The molecule has 0 spiro atoms. The predicted octanol–water partition coefficient (Wildman–Crippen LogP) is 5.51. The molecule has 2 N–H and O–H groups in total. The minimum Gasteiger partial charge on any atom is -0.342 e. The van der Waals surface area contributed by atoms with Crippen LogP contribution in [0.1, 0.15) is 52.4 Å². The van der Waals surface area contributed by atoms with Crippen LogP contribution >= 0.6 is 0 Å². The van der Waals surface area contributed by atoms with E-state index >= 15 is 0 Å². The molecule has 1 heterocycles. The van der Waals surface area contributed by atoms with Gasteiger partial charge in [-0.25, -0.2) is 4.98 Å². The highest BCUT2D eigenvalue weighted by atomic mass is 14.9. The van der Waals surface area contributed by atoms with Gasteiger partial charge < -0.3 is 10.3 Å². The van der Waals surface area contributed by atoms with Crippen LogP contribution < -0.4 is 5.32 Å². The van der Waals surface area contributed by atoms with Crippen molar-refractivity contribution in [2.75, 3.05) is 13.1 Å². The summed E-state index contributed by atoms with van der Waals surface area (Å²) < 4.78 is 0. The van der Waals surface area contributed by atoms with Gasteiger partial charge in [-0.05, 0) is 68.0 Å². The highest BCUT2D eigenvalue weighted by molar-refractivity contribution is 5.78. The SMILES string of the molecule is CC1=CC(CNCC(C)C)C(C(C)C)CC1Cc1nc2c(C)cccc2[nH]1. The van der Waals surface area contributed by atoms with Crippen molar-refractivity contribution in [3.05, 3.63) is 41.2 Å². The number of hydrogen-bond acceptors (Lipinski definition) is 2. The lowest BCUT2D eigenvalue weighted by molar-refractivity contribution is 0.220. The Hall–Kier alpha value is -1.61. The molecule has 1 aliphatic rings. The average Bonchev–Trinajstić information content (AvgIpc) is 3.00. The monoisotopic (exact) mass is 367 g/mol. The number of aryl methyl sites for hydroxylation is 1. The van der Waals surface area contributed by atoms with E-state index in [-0.39, 0.29) is 0 Å². The van der Waals surface area contributed by atoms with E-state index in [4.69, 9.17) is 4.98 Å². The van der Waals surface area contributed by atoms with Crippen LogP contribution in [0.4, 0.5) is 0 Å². The maximum absolute atomic E-state index is 4.90. The molecule has 0 bridgehead atoms. The Balaban J connectivity index is 1.74. The molecule has 3 heteroatoms. The third kappa shape index (κ3) is 4.82. The first kappa shape index (κ1) is 20.1. The third-order valence-electron chi connectivity index (χ3n) is 6.22. The number of benzene rings is 1. The maximum Gasteiger partial charge on any atom is 0.107 e. The van der Waals surface area contributed by atoms with Gasteiger partial charge in [0.1, 0.15) is 5.82 Å². The van der Waals surface area contributed by atoms with Crippen LogP contribution in [-0.2, 0) is 6.42 Å². The fourth-order valence-corrected chi connectivity index (χ4v) is 4.60. The third-order valence-corrected chi connectivity index (χ3v) is 6.22. The van der Waals surface area contributed by atoms with E-state index in [0.29, 0.717) is 23.7 Å². The van der Waals surface area contributed by atoms with Crippen molar-refractivity contribution in [2.24, 2.45) is 29.6 Å². The number of aromatic nitrogens is 2. The molecule has 1 aromatic carbocycles. The highest BCUT2D eigenvalue weighted by Gasteiger charge is 2.31. The van der Waals surface area contributed by atoms with Crippen molar-refractivity contribution in [3.8, 4) is 0 Å². The Morgan fingerprint density at radius 2 is 1.96 bits per heavy atom. The number of hydrogen-bond donors (Lipinski definition) is 2. The van der Waals surface area contributed by atoms with Gasteiger partial charge in [-0.3, -0.25) is 0 Å². The van der Waals surface area contributed by atoms with Gasteiger partial charge in [-0.15, -0.1) is 0 Å². The van der Waals surface area contributed by atoms with Gasteiger partial charge in [0, 0.05) is 13.0 Å². The van der Waals surface area contributed by atoms with Crippen LogP contribution in [0.25, 0.3) is 11.0 Å². The highest BCUT2D eigenvalue weighted by Crippen LogP contribution is 2.38. The van der Waals surface area contributed by atoms with Crippen molar-refractivity contribution in [3.63, 3.8) is 0 Å². The minimum atomic E-state index is 0.597. The van der Waals surface area contributed by atoms with E-state index in [1.54, 1.807) is 5.57 Å². The smallest absolute Gasteiger partial charge is 0.107 e. The summed E-state index contributed by atoms with van der Waals surface area (Å²) in [4.78, 5) is 8.46. The molecule has 0 amide bonds. The van der Waals surface area contributed by atoms with Crippen LogP contribution in [0.3, 0.4) is 0 Å². The molecule has 3 rings (SSSR count). The van der Waals surface area contributed by atoms with Crippen LogP contribution in [0.5, 0.6) is 0 Å². The van der Waals surface area contributed by atoms with Crippen LogP contribution in [0.2, 0.25) is 0 Å². The Labute approximate surface area is 165 Å². The molecule has 2 aromatic rings. The summed E-state index contributed by atoms with van der Waals surface area (Å²) in [6.45, 7) is 16.0. The number of nitrogens with zero attached hydrogens (tertiary/aromatic N) is 1. The molecule has 0 fully saturated rings. The molecular weight excluding hydrogens is 330 g/mol. The van der Waals surface area contributed by atoms with Gasteiger partial charge in [-0.1, -0.05) is 51.5 Å². The first-order chi connectivity index (χ1) is 12.8. The lowest BCUT2D eigenvalue weighted by atomic mass is 9.69. The Bertz CT molecular complexity index is 784. The molecule has 3 atom stereocenters. The molecule has 148 valence electrons. The summed E-state index contributed by atoms with van der Waals surface area (Å²) in [6.07, 6.45) is 4.84. The van der Waals surface area contributed by atoms with Gasteiger partial charge in [0.25, 0.3) is 0 Å². The normalized spacial score (nSPS) is 23.4. The maximum atomic E-state index is 4.90. The van der Waals surface area contributed by atoms with Crippen LogP contribution in [0, 0.1) is 36.5 Å². The molecule has 0 radical (unpaired) electrons. The quantitative estimate of drug-likeness (QED) is 0.633. The molecule has 1 aromatic heterocycles. The first-order valence-electron chi connectivity index (χ1n) is 10.7. The average molecular weight is 368 g/mol. The molecule has 0 saturated carbocycles. The van der Waals surface area contributed by atoms with E-state index in [0.717, 1.165) is 36.8 Å². The molecule has 27 heavy (non-hydrogen) atoms. The molecule has 1 aliphatic carbocycles. The van der Waals surface area contributed by atoms with E-state index in [9.17, 15) is 0 Å². The number of imidazole rings is 1. The van der Waals surface area contributed by atoms with Gasteiger partial charge in [0.15, 0.2) is 0 Å². The fraction of sp³-hybridized carbons (Fsp3) is 0.625. The first-order valence-corrected chi connectivity index (χ1v) is 10.7. The van der Waals surface area contributed by atoms with Crippen molar-refractivity contribution < 1.29 is 0 Å². The molecule has 3 unspecified atom stereocenters. The minimum absolute atomic E-state index is 0.597. The van der Waals surface area contributed by atoms with Crippen molar-refractivity contribution in [1.29, 1.82) is 0 Å². The zero-order chi connectivity index (χ0) is 19.6. The molecule has 3 nitrogen and oxygen atoms in total. The number of H-pyrrole nitrogens is 1. The van der Waals surface area contributed by atoms with E-state index < -0.39 is 0 Å². The standard InChI is InChI=1S/C24H37N3/c1-15(2)13-25-14-20-10-18(6)19(11-21(20)16(3)4)12-23-26-22-9-7-8-17(5)24(22)27-23/h7-10,15-16,19-21,25H,11-14H2,1-6H3,(H,26,27). The summed E-state index contributed by atoms with van der Waals surface area (Å²) in [5, 5.41) is 3.69. The van der Waals surface area contributed by atoms with Gasteiger partial charge in [0.05, 0.1) is 11.0 Å². The number of nitrogens with one attached hydrogen (secondary N) is 2. The Kier molecular flexibility index (Phi) is 6.41. The van der Waals surface area contributed by atoms with Gasteiger partial charge in [-0.2, -0.15) is 0 Å². The second-order valence-corrected chi connectivity index (χ2v) is 9.33. The zero-order valence-corrected chi connectivity index (χ0v) is 18.0. The summed E-state index contributed by atoms with van der Waals surface area (Å²) in [5.74, 6) is 4.54. The summed E-state index contributed by atoms with van der Waals surface area (Å²) in [5.41, 5.74) is 5.09. The van der Waals surface area contributed by atoms with Crippen LogP contribution in [0.15, 0.2) is 29.8 Å². The number of aromatic amines is 1. The van der Waals surface area contributed by atoms with Gasteiger partial charge in [0.2, 0.25) is 0 Å². The van der Waals surface area contributed by atoms with E-state index in [2.05, 4.69) is 76.1 Å². The van der Waals surface area contributed by atoms with E-state index in [1.165, 1.54) is 17.5 Å². The van der Waals surface area contributed by atoms with E-state index in [1.807, 2.05) is 0 Å². The zero-order valence-electron chi connectivity index (χ0n) is 18.0. The predicted molar refractivity (Wildman–Crippen MR) is 116 cm³/mol. The number of allylic oxidation sites excluding steroid dienone is 1. The summed E-state index contributed by atoms with van der Waals surface area (Å²) in [7, 11) is 0. The second kappa shape index (κ2) is 8.60. The molecular formula is C24H37N3. The van der Waals surface area contributed by atoms with Gasteiger partial charge >= 0.3 is 0 Å². The fourth-order valence-electron chi connectivity index (χ4n) is 4.60. The summed E-state index contributed by atoms with van der Waals surface area (Å²) in [6, 6.07) is 6.38. The Morgan fingerprint density at radius 1 is 1.19 bits per heavy atom. The lowest BCUT2D eigenvalue weighted by Gasteiger charge is -2.37. The number of fused-ring (bicyclic) bond motifs is 1. The largest absolute Gasteiger partial charge is 0.342 e. The molecule has 0 aliphatic heterocycles. The second-order valence-electron chi connectivity index (χ2n) is 9.33. The lowest BCUT2D eigenvalue weighted by Crippen LogP contribution is -2.36.